The lowest BCUT2D eigenvalue weighted by molar-refractivity contribution is 0.227. The maximum Gasteiger partial charge on any atom is 0.0370 e. The zero-order chi connectivity index (χ0) is 12.5. The highest BCUT2D eigenvalue weighted by atomic mass is 15.2. The second kappa shape index (κ2) is 4.90. The van der Waals surface area contributed by atoms with Crippen LogP contribution in [0.15, 0.2) is 18.2 Å². The van der Waals surface area contributed by atoms with Crippen molar-refractivity contribution in [1.29, 1.82) is 0 Å². The normalized spacial score (nSPS) is 20.5. The number of nitrogens with zero attached hydrogens (tertiary/aromatic N) is 2. The van der Waals surface area contributed by atoms with Crippen molar-refractivity contribution in [3.63, 3.8) is 0 Å². The van der Waals surface area contributed by atoms with E-state index >= 15 is 0 Å². The summed E-state index contributed by atoms with van der Waals surface area (Å²) in [4.78, 5) is 5.03. The highest BCUT2D eigenvalue weighted by molar-refractivity contribution is 5.52. The molecule has 0 bridgehead atoms. The van der Waals surface area contributed by atoms with E-state index in [1.54, 1.807) is 0 Å². The van der Waals surface area contributed by atoms with Gasteiger partial charge in [-0.3, -0.25) is 4.90 Å². The number of fused-ring (bicyclic) bond motifs is 1. The van der Waals surface area contributed by atoms with Gasteiger partial charge in [-0.1, -0.05) is 6.07 Å². The first kappa shape index (κ1) is 12.0. The molecule has 0 amide bonds. The molecule has 3 rings (SSSR count). The molecule has 1 fully saturated rings. The van der Waals surface area contributed by atoms with E-state index in [4.69, 9.17) is 0 Å². The van der Waals surface area contributed by atoms with Crippen LogP contribution in [0.25, 0.3) is 0 Å². The van der Waals surface area contributed by atoms with Gasteiger partial charge in [-0.05, 0) is 37.1 Å². The van der Waals surface area contributed by atoms with Gasteiger partial charge < -0.3 is 10.2 Å². The summed E-state index contributed by atoms with van der Waals surface area (Å²) in [6.07, 6.45) is 0. The van der Waals surface area contributed by atoms with Crippen LogP contribution in [0.3, 0.4) is 0 Å². The van der Waals surface area contributed by atoms with Crippen molar-refractivity contribution in [3.05, 3.63) is 29.3 Å². The molecule has 1 saturated heterocycles. The van der Waals surface area contributed by atoms with Crippen LogP contribution >= 0.6 is 0 Å². The molecule has 18 heavy (non-hydrogen) atoms. The first-order chi connectivity index (χ1) is 8.74. The van der Waals surface area contributed by atoms with Crippen LogP contribution in [-0.2, 0) is 13.1 Å². The molecule has 0 atom stereocenters. The molecule has 0 spiro atoms. The molecule has 2 aliphatic heterocycles. The van der Waals surface area contributed by atoms with E-state index in [2.05, 4.69) is 47.2 Å². The van der Waals surface area contributed by atoms with Crippen molar-refractivity contribution in [1.82, 2.24) is 10.2 Å². The van der Waals surface area contributed by atoms with E-state index in [0.717, 1.165) is 39.3 Å². The maximum absolute atomic E-state index is 3.41. The predicted octanol–water partition coefficient (Wildman–Crippen LogP) is 1.82. The van der Waals surface area contributed by atoms with Crippen LogP contribution in [0.2, 0.25) is 0 Å². The molecule has 2 heterocycles. The van der Waals surface area contributed by atoms with E-state index < -0.39 is 0 Å². The molecular formula is C15H23N3. The van der Waals surface area contributed by atoms with Gasteiger partial charge in [0.2, 0.25) is 0 Å². The van der Waals surface area contributed by atoms with E-state index in [-0.39, 0.29) is 0 Å². The minimum atomic E-state index is 0.639. The summed E-state index contributed by atoms with van der Waals surface area (Å²) in [5, 5.41) is 3.41. The second-order valence-electron chi connectivity index (χ2n) is 5.69. The highest BCUT2D eigenvalue weighted by Gasteiger charge is 2.22. The van der Waals surface area contributed by atoms with E-state index in [9.17, 15) is 0 Å². The largest absolute Gasteiger partial charge is 0.369 e. The molecule has 1 N–H and O–H groups in total. The fourth-order valence-electron chi connectivity index (χ4n) is 2.89. The van der Waals surface area contributed by atoms with Gasteiger partial charge >= 0.3 is 0 Å². The van der Waals surface area contributed by atoms with Crippen molar-refractivity contribution in [3.8, 4) is 0 Å². The topological polar surface area (TPSA) is 18.5 Å². The molecule has 98 valence electrons. The molecule has 0 aromatic heterocycles. The molecule has 1 aromatic rings. The van der Waals surface area contributed by atoms with Gasteiger partial charge in [0.1, 0.15) is 0 Å². The summed E-state index contributed by atoms with van der Waals surface area (Å²) in [6, 6.07) is 7.67. The summed E-state index contributed by atoms with van der Waals surface area (Å²) in [5.74, 6) is 0. The molecule has 0 saturated carbocycles. The summed E-state index contributed by atoms with van der Waals surface area (Å²) in [6.45, 7) is 11.3. The van der Waals surface area contributed by atoms with Crippen molar-refractivity contribution in [2.75, 3.05) is 31.1 Å². The van der Waals surface area contributed by atoms with Crippen molar-refractivity contribution in [2.24, 2.45) is 0 Å². The molecule has 3 nitrogen and oxygen atoms in total. The van der Waals surface area contributed by atoms with Crippen molar-refractivity contribution >= 4 is 5.69 Å². The van der Waals surface area contributed by atoms with Gasteiger partial charge in [-0.2, -0.15) is 0 Å². The summed E-state index contributed by atoms with van der Waals surface area (Å²) in [7, 11) is 0. The zero-order valence-electron chi connectivity index (χ0n) is 11.4. The fourth-order valence-corrected chi connectivity index (χ4v) is 2.89. The van der Waals surface area contributed by atoms with Gasteiger partial charge in [0.05, 0.1) is 0 Å². The number of benzene rings is 1. The van der Waals surface area contributed by atoms with Gasteiger partial charge in [0.15, 0.2) is 0 Å². The average Bonchev–Trinajstić information content (AvgIpc) is 2.82. The molecule has 1 aromatic carbocycles. The number of hydrogen-bond donors (Lipinski definition) is 1. The van der Waals surface area contributed by atoms with Crippen LogP contribution < -0.4 is 10.2 Å². The smallest absolute Gasteiger partial charge is 0.0370 e. The molecule has 0 unspecified atom stereocenters. The quantitative estimate of drug-likeness (QED) is 0.857. The number of nitrogens with one attached hydrogen (secondary N) is 1. The zero-order valence-corrected chi connectivity index (χ0v) is 11.4. The molecule has 0 radical (unpaired) electrons. The predicted molar refractivity (Wildman–Crippen MR) is 75.9 cm³/mol. The Balaban J connectivity index is 1.78. The number of anilines is 1. The third kappa shape index (κ3) is 2.25. The van der Waals surface area contributed by atoms with E-state index in [1.807, 2.05) is 0 Å². The summed E-state index contributed by atoms with van der Waals surface area (Å²) >= 11 is 0. The molecule has 3 heteroatoms. The Hall–Kier alpha value is -1.06. The van der Waals surface area contributed by atoms with Gasteiger partial charge in [0, 0.05) is 51.0 Å². The Kier molecular flexibility index (Phi) is 3.27. The molecule has 2 aliphatic rings. The Labute approximate surface area is 110 Å². The number of piperazine rings is 1. The van der Waals surface area contributed by atoms with Crippen molar-refractivity contribution < 1.29 is 0 Å². The van der Waals surface area contributed by atoms with Crippen LogP contribution in [0.5, 0.6) is 0 Å². The van der Waals surface area contributed by atoms with Gasteiger partial charge in [-0.15, -0.1) is 0 Å². The monoisotopic (exact) mass is 245 g/mol. The van der Waals surface area contributed by atoms with E-state index in [1.165, 1.54) is 16.8 Å². The van der Waals surface area contributed by atoms with Crippen LogP contribution in [0, 0.1) is 0 Å². The average molecular weight is 245 g/mol. The number of rotatable bonds is 2. The SMILES string of the molecule is CC(C)N1Cc2ccc(N3CCNCC3)cc2C1. The maximum atomic E-state index is 3.41. The van der Waals surface area contributed by atoms with Crippen molar-refractivity contribution in [2.45, 2.75) is 33.0 Å². The minimum absolute atomic E-state index is 0.639. The Bertz CT molecular complexity index is 422. The molecular weight excluding hydrogens is 222 g/mol. The lowest BCUT2D eigenvalue weighted by atomic mass is 10.1. The first-order valence-electron chi connectivity index (χ1n) is 7.05. The minimum Gasteiger partial charge on any atom is -0.369 e. The summed E-state index contributed by atoms with van der Waals surface area (Å²) in [5.41, 5.74) is 4.45. The standard InChI is InChI=1S/C15H23N3/c1-12(2)18-10-13-3-4-15(9-14(13)11-18)17-7-5-16-6-8-17/h3-4,9,12,16H,5-8,10-11H2,1-2H3. The van der Waals surface area contributed by atoms with Crippen LogP contribution in [0.4, 0.5) is 5.69 Å². The van der Waals surface area contributed by atoms with Gasteiger partial charge in [-0.25, -0.2) is 0 Å². The summed E-state index contributed by atoms with van der Waals surface area (Å²) < 4.78 is 0. The third-order valence-electron chi connectivity index (χ3n) is 4.15. The third-order valence-corrected chi connectivity index (χ3v) is 4.15. The van der Waals surface area contributed by atoms with Crippen LogP contribution in [-0.4, -0.2) is 37.1 Å². The Morgan fingerprint density at radius 2 is 1.78 bits per heavy atom. The Morgan fingerprint density at radius 3 is 2.50 bits per heavy atom. The lowest BCUT2D eigenvalue weighted by Crippen LogP contribution is -2.43. The van der Waals surface area contributed by atoms with Gasteiger partial charge in [0.25, 0.3) is 0 Å². The van der Waals surface area contributed by atoms with Crippen LogP contribution in [0.1, 0.15) is 25.0 Å². The second-order valence-corrected chi connectivity index (χ2v) is 5.69. The number of hydrogen-bond acceptors (Lipinski definition) is 3. The Morgan fingerprint density at radius 1 is 1.06 bits per heavy atom. The highest BCUT2D eigenvalue weighted by Crippen LogP contribution is 2.28. The fraction of sp³-hybridized carbons (Fsp3) is 0.600. The van der Waals surface area contributed by atoms with E-state index in [0.29, 0.717) is 6.04 Å². The first-order valence-corrected chi connectivity index (χ1v) is 7.05. The molecule has 0 aliphatic carbocycles. The lowest BCUT2D eigenvalue weighted by Gasteiger charge is -2.29.